The maximum Gasteiger partial charge on any atom is 0.412 e. The Bertz CT molecular complexity index is 425. The Labute approximate surface area is 133 Å². The van der Waals surface area contributed by atoms with Crippen LogP contribution in [0.15, 0.2) is 0 Å². The fourth-order valence-corrected chi connectivity index (χ4v) is 2.73. The minimum Gasteiger partial charge on any atom is -0.463 e. The number of hydrogen-bond acceptors (Lipinski definition) is 5. The molecular weight excluding hydrogens is 286 g/mol. The van der Waals surface area contributed by atoms with Crippen molar-refractivity contribution in [3.05, 3.63) is 0 Å². The second-order valence-electron chi connectivity index (χ2n) is 7.49. The molecule has 0 spiro atoms. The molecule has 0 aromatic heterocycles. The Balaban J connectivity index is 3.01. The average Bonchev–Trinajstić information content (AvgIpc) is 2.55. The van der Waals surface area contributed by atoms with Gasteiger partial charge in [-0.2, -0.15) is 0 Å². The first-order chi connectivity index (χ1) is 9.85. The molecule has 6 nitrogen and oxygen atoms in total. The summed E-state index contributed by atoms with van der Waals surface area (Å²) in [5.41, 5.74) is -1.40. The molecule has 6 heteroatoms. The zero-order valence-corrected chi connectivity index (χ0v) is 14.9. The van der Waals surface area contributed by atoms with Crippen LogP contribution < -0.4 is 0 Å². The van der Waals surface area contributed by atoms with Crippen LogP contribution in [0.3, 0.4) is 0 Å². The van der Waals surface area contributed by atoms with Crippen LogP contribution in [0.1, 0.15) is 55.4 Å². The first-order valence-corrected chi connectivity index (χ1v) is 7.68. The molecule has 0 N–H and O–H groups in total. The van der Waals surface area contributed by atoms with Crippen LogP contribution in [-0.2, 0) is 19.0 Å². The summed E-state index contributed by atoms with van der Waals surface area (Å²) in [6, 6.07) is -0.218. The van der Waals surface area contributed by atoms with Crippen LogP contribution in [0.25, 0.3) is 0 Å². The molecule has 1 amide bonds. The summed E-state index contributed by atoms with van der Waals surface area (Å²) >= 11 is 0. The van der Waals surface area contributed by atoms with Gasteiger partial charge in [-0.15, -0.1) is 0 Å². The van der Waals surface area contributed by atoms with E-state index in [1.54, 1.807) is 4.90 Å². The van der Waals surface area contributed by atoms with Crippen molar-refractivity contribution in [2.75, 3.05) is 6.61 Å². The van der Waals surface area contributed by atoms with Gasteiger partial charge in [-0.25, -0.2) is 4.79 Å². The molecule has 0 aliphatic carbocycles. The summed E-state index contributed by atoms with van der Waals surface area (Å²) in [5, 5.41) is 0. The predicted molar refractivity (Wildman–Crippen MR) is 82.3 cm³/mol. The van der Waals surface area contributed by atoms with E-state index in [0.29, 0.717) is 0 Å². The van der Waals surface area contributed by atoms with Crippen LogP contribution in [0.2, 0.25) is 0 Å². The highest BCUT2D eigenvalue weighted by Crippen LogP contribution is 2.37. The van der Waals surface area contributed by atoms with Gasteiger partial charge in [-0.1, -0.05) is 13.8 Å². The third kappa shape index (κ3) is 4.60. The van der Waals surface area contributed by atoms with Crippen molar-refractivity contribution < 1.29 is 23.8 Å². The molecular formula is C16H29NO5. The van der Waals surface area contributed by atoms with Crippen molar-refractivity contribution >= 4 is 12.1 Å². The molecule has 0 bridgehead atoms. The van der Waals surface area contributed by atoms with Crippen molar-refractivity contribution in [1.82, 2.24) is 4.90 Å². The van der Waals surface area contributed by atoms with Crippen molar-refractivity contribution in [2.45, 2.75) is 78.9 Å². The number of carbonyl (C=O) groups excluding carboxylic acids is 2. The first-order valence-electron chi connectivity index (χ1n) is 7.68. The number of ether oxygens (including phenoxy) is 3. The van der Waals surface area contributed by atoms with Crippen molar-refractivity contribution in [3.8, 4) is 0 Å². The van der Waals surface area contributed by atoms with E-state index < -0.39 is 17.4 Å². The van der Waals surface area contributed by atoms with Gasteiger partial charge in [0.15, 0.2) is 0 Å². The van der Waals surface area contributed by atoms with E-state index in [0.717, 1.165) is 0 Å². The normalized spacial score (nSPS) is 24.5. The van der Waals surface area contributed by atoms with Gasteiger partial charge in [-0.05, 0) is 40.5 Å². The Hall–Kier alpha value is -1.30. The summed E-state index contributed by atoms with van der Waals surface area (Å²) in [6.07, 6.45) is -0.784. The fraction of sp³-hybridized carbons (Fsp3) is 0.875. The zero-order valence-electron chi connectivity index (χ0n) is 14.9. The largest absolute Gasteiger partial charge is 0.463 e. The van der Waals surface area contributed by atoms with E-state index in [2.05, 4.69) is 0 Å². The second kappa shape index (κ2) is 6.44. The molecule has 0 aromatic rings. The molecule has 0 unspecified atom stereocenters. The molecule has 1 aliphatic heterocycles. The summed E-state index contributed by atoms with van der Waals surface area (Å²) < 4.78 is 16.6. The van der Waals surface area contributed by atoms with Crippen molar-refractivity contribution in [1.29, 1.82) is 0 Å². The summed E-state index contributed by atoms with van der Waals surface area (Å²) in [6.45, 7) is 14.6. The van der Waals surface area contributed by atoms with E-state index in [1.807, 2.05) is 48.5 Å². The summed E-state index contributed by atoms with van der Waals surface area (Å²) in [7, 11) is 0. The molecule has 1 aliphatic rings. The van der Waals surface area contributed by atoms with Gasteiger partial charge in [0.1, 0.15) is 24.0 Å². The maximum atomic E-state index is 12.6. The lowest BCUT2D eigenvalue weighted by Crippen LogP contribution is -2.52. The third-order valence-corrected chi connectivity index (χ3v) is 3.42. The topological polar surface area (TPSA) is 65.1 Å². The standard InChI is InChI=1S/C16H29NO5/c1-10(2)13-12(9-20-11(3)18)21-16(7,8)17(13)14(19)22-15(4,5)6/h10,12-13H,9H2,1-8H3/t12-,13-/m0/s1. The van der Waals surface area contributed by atoms with Crippen molar-refractivity contribution in [3.63, 3.8) is 0 Å². The first kappa shape index (κ1) is 18.7. The molecule has 128 valence electrons. The molecule has 1 heterocycles. The zero-order chi connectivity index (χ0) is 17.3. The molecule has 0 aromatic carbocycles. The van der Waals surface area contributed by atoms with E-state index in [4.69, 9.17) is 14.2 Å². The number of amides is 1. The third-order valence-electron chi connectivity index (χ3n) is 3.42. The minimum atomic E-state index is -0.817. The van der Waals surface area contributed by atoms with Crippen LogP contribution in [0.4, 0.5) is 4.79 Å². The molecule has 0 radical (unpaired) electrons. The molecule has 0 saturated carbocycles. The van der Waals surface area contributed by atoms with E-state index in [-0.39, 0.29) is 30.6 Å². The van der Waals surface area contributed by atoms with E-state index in [1.165, 1.54) is 6.92 Å². The monoisotopic (exact) mass is 315 g/mol. The second-order valence-corrected chi connectivity index (χ2v) is 7.49. The maximum absolute atomic E-state index is 12.6. The smallest absolute Gasteiger partial charge is 0.412 e. The Morgan fingerprint density at radius 3 is 2.23 bits per heavy atom. The molecule has 1 saturated heterocycles. The Morgan fingerprint density at radius 2 is 1.82 bits per heavy atom. The van der Waals surface area contributed by atoms with Crippen LogP contribution in [-0.4, -0.2) is 47.0 Å². The van der Waals surface area contributed by atoms with Gasteiger partial charge in [-0.3, -0.25) is 9.69 Å². The molecule has 1 fully saturated rings. The highest BCUT2D eigenvalue weighted by molar-refractivity contribution is 5.70. The fourth-order valence-electron chi connectivity index (χ4n) is 2.73. The Morgan fingerprint density at radius 1 is 1.27 bits per heavy atom. The summed E-state index contributed by atoms with van der Waals surface area (Å²) in [5.74, 6) is -0.227. The number of rotatable bonds is 3. The van der Waals surface area contributed by atoms with Gasteiger partial charge in [0.2, 0.25) is 0 Å². The molecule has 22 heavy (non-hydrogen) atoms. The number of esters is 1. The lowest BCUT2D eigenvalue weighted by Gasteiger charge is -2.36. The summed E-state index contributed by atoms with van der Waals surface area (Å²) in [4.78, 5) is 25.3. The SMILES string of the molecule is CC(=O)OC[C@@H]1OC(C)(C)N(C(=O)OC(C)(C)C)[C@H]1C(C)C. The predicted octanol–water partition coefficient (Wildman–Crippen LogP) is 2.95. The number of nitrogens with zero attached hydrogens (tertiary/aromatic N) is 1. The highest BCUT2D eigenvalue weighted by atomic mass is 16.6. The highest BCUT2D eigenvalue weighted by Gasteiger charge is 2.52. The van der Waals surface area contributed by atoms with Crippen LogP contribution in [0, 0.1) is 5.92 Å². The lowest BCUT2D eigenvalue weighted by atomic mass is 9.98. The van der Waals surface area contributed by atoms with E-state index in [9.17, 15) is 9.59 Å². The van der Waals surface area contributed by atoms with Gasteiger partial charge in [0, 0.05) is 6.92 Å². The van der Waals surface area contributed by atoms with Gasteiger partial charge in [0.05, 0.1) is 6.04 Å². The van der Waals surface area contributed by atoms with E-state index >= 15 is 0 Å². The van der Waals surface area contributed by atoms with Crippen LogP contribution in [0.5, 0.6) is 0 Å². The Kier molecular flexibility index (Phi) is 5.49. The molecule has 2 atom stereocenters. The van der Waals surface area contributed by atoms with Gasteiger partial charge < -0.3 is 14.2 Å². The van der Waals surface area contributed by atoms with Gasteiger partial charge >= 0.3 is 12.1 Å². The van der Waals surface area contributed by atoms with Crippen molar-refractivity contribution in [2.24, 2.45) is 5.92 Å². The molecule has 1 rings (SSSR count). The lowest BCUT2D eigenvalue weighted by molar-refractivity contribution is -0.147. The minimum absolute atomic E-state index is 0.126. The average molecular weight is 315 g/mol. The van der Waals surface area contributed by atoms with Gasteiger partial charge in [0.25, 0.3) is 0 Å². The number of carbonyl (C=O) groups is 2. The number of hydrogen-bond donors (Lipinski definition) is 0. The quantitative estimate of drug-likeness (QED) is 0.749. The van der Waals surface area contributed by atoms with Crippen LogP contribution >= 0.6 is 0 Å².